The second-order valence-electron chi connectivity index (χ2n) is 3.60. The van der Waals surface area contributed by atoms with Gasteiger partial charge in [-0.15, -0.1) is 11.3 Å². The summed E-state index contributed by atoms with van der Waals surface area (Å²) >= 11 is 1.89. The Hall–Kier alpha value is -0.410. The number of thiazole rings is 1. The molecule has 0 bridgehead atoms. The van der Waals surface area contributed by atoms with Crippen molar-refractivity contribution >= 4 is 11.3 Å². The van der Waals surface area contributed by atoms with Gasteiger partial charge in [0.1, 0.15) is 0 Å². The molecule has 13 heavy (non-hydrogen) atoms. The van der Waals surface area contributed by atoms with Crippen molar-refractivity contribution in [2.75, 3.05) is 13.1 Å². The van der Waals surface area contributed by atoms with Gasteiger partial charge in [0, 0.05) is 17.3 Å². The summed E-state index contributed by atoms with van der Waals surface area (Å²) in [7, 11) is 0. The fourth-order valence-electron chi connectivity index (χ4n) is 1.82. The van der Waals surface area contributed by atoms with Crippen LogP contribution in [0.4, 0.5) is 0 Å². The quantitative estimate of drug-likeness (QED) is 0.783. The van der Waals surface area contributed by atoms with Crippen LogP contribution in [0.1, 0.15) is 34.8 Å². The van der Waals surface area contributed by atoms with E-state index in [2.05, 4.69) is 24.1 Å². The van der Waals surface area contributed by atoms with Crippen molar-refractivity contribution in [1.82, 2.24) is 10.3 Å². The third kappa shape index (κ3) is 1.76. The Bertz CT molecular complexity index is 287. The molecule has 1 saturated heterocycles. The fourth-order valence-corrected chi connectivity index (χ4v) is 2.96. The minimum absolute atomic E-state index is 0.684. The first-order chi connectivity index (χ1) is 6.31. The third-order valence-electron chi connectivity index (χ3n) is 2.65. The maximum absolute atomic E-state index is 4.69. The number of nitrogens with zero attached hydrogens (tertiary/aromatic N) is 1. The van der Waals surface area contributed by atoms with E-state index in [-0.39, 0.29) is 0 Å². The molecule has 0 amide bonds. The third-order valence-corrected chi connectivity index (χ3v) is 3.83. The Kier molecular flexibility index (Phi) is 2.65. The average molecular weight is 196 g/mol. The fraction of sp³-hybridized carbons (Fsp3) is 0.700. The van der Waals surface area contributed by atoms with Crippen LogP contribution in [-0.2, 0) is 6.42 Å². The highest BCUT2D eigenvalue weighted by atomic mass is 32.1. The Labute approximate surface area is 83.4 Å². The first kappa shape index (κ1) is 9.16. The summed E-state index contributed by atoms with van der Waals surface area (Å²) in [5, 5.41) is 4.73. The second kappa shape index (κ2) is 3.76. The van der Waals surface area contributed by atoms with Crippen molar-refractivity contribution in [3.05, 3.63) is 15.6 Å². The smallest absolute Gasteiger partial charge is 0.0975 e. The van der Waals surface area contributed by atoms with Crippen molar-refractivity contribution < 1.29 is 0 Å². The maximum Gasteiger partial charge on any atom is 0.0975 e. The van der Waals surface area contributed by atoms with Gasteiger partial charge in [-0.1, -0.05) is 6.92 Å². The summed E-state index contributed by atoms with van der Waals surface area (Å²) in [4.78, 5) is 6.10. The molecule has 3 heteroatoms. The Morgan fingerprint density at radius 3 is 3.00 bits per heavy atom. The predicted octanol–water partition coefficient (Wildman–Crippen LogP) is 2.09. The van der Waals surface area contributed by atoms with Crippen molar-refractivity contribution in [2.45, 2.75) is 32.6 Å². The lowest BCUT2D eigenvalue weighted by Crippen LogP contribution is -2.07. The van der Waals surface area contributed by atoms with E-state index in [1.165, 1.54) is 22.0 Å². The van der Waals surface area contributed by atoms with Gasteiger partial charge < -0.3 is 5.32 Å². The largest absolute Gasteiger partial charge is 0.316 e. The molecule has 2 heterocycles. The zero-order valence-corrected chi connectivity index (χ0v) is 9.08. The molecule has 2 nitrogen and oxygen atoms in total. The van der Waals surface area contributed by atoms with Crippen LogP contribution in [0.15, 0.2) is 0 Å². The molecule has 1 fully saturated rings. The lowest BCUT2D eigenvalue weighted by atomic mass is 10.1. The lowest BCUT2D eigenvalue weighted by molar-refractivity contribution is 0.750. The van der Waals surface area contributed by atoms with Crippen LogP contribution in [0.5, 0.6) is 0 Å². The highest BCUT2D eigenvalue weighted by Crippen LogP contribution is 2.28. The second-order valence-corrected chi connectivity index (χ2v) is 4.83. The standard InChI is InChI=1S/C10H16N2S/c1-3-9-7(2)13-10(12-9)8-4-5-11-6-8/h8,11H,3-6H2,1-2H3. The van der Waals surface area contributed by atoms with E-state index in [4.69, 9.17) is 0 Å². The van der Waals surface area contributed by atoms with Crippen LogP contribution in [0.25, 0.3) is 0 Å². The molecule has 1 N–H and O–H groups in total. The number of aromatic nitrogens is 1. The molecule has 0 spiro atoms. The zero-order chi connectivity index (χ0) is 9.26. The van der Waals surface area contributed by atoms with Crippen LogP contribution in [-0.4, -0.2) is 18.1 Å². The molecule has 72 valence electrons. The summed E-state index contributed by atoms with van der Waals surface area (Å²) in [6.07, 6.45) is 2.33. The molecular weight excluding hydrogens is 180 g/mol. The molecule has 2 rings (SSSR count). The predicted molar refractivity (Wildman–Crippen MR) is 56.5 cm³/mol. The lowest BCUT2D eigenvalue weighted by Gasteiger charge is -2.01. The van der Waals surface area contributed by atoms with Gasteiger partial charge in [0.15, 0.2) is 0 Å². The van der Waals surface area contributed by atoms with Crippen LogP contribution in [0.3, 0.4) is 0 Å². The van der Waals surface area contributed by atoms with Gasteiger partial charge >= 0.3 is 0 Å². The Morgan fingerprint density at radius 2 is 2.46 bits per heavy atom. The van der Waals surface area contributed by atoms with Crippen molar-refractivity contribution in [3.63, 3.8) is 0 Å². The molecule has 1 aliphatic rings. The van der Waals surface area contributed by atoms with Crippen LogP contribution < -0.4 is 5.32 Å². The van der Waals surface area contributed by atoms with Crippen molar-refractivity contribution in [2.24, 2.45) is 0 Å². The SMILES string of the molecule is CCc1nc(C2CCNC2)sc1C. The van der Waals surface area contributed by atoms with E-state index < -0.39 is 0 Å². The van der Waals surface area contributed by atoms with Crippen LogP contribution in [0.2, 0.25) is 0 Å². The summed E-state index contributed by atoms with van der Waals surface area (Å²) in [6.45, 7) is 6.64. The van der Waals surface area contributed by atoms with Crippen LogP contribution >= 0.6 is 11.3 Å². The van der Waals surface area contributed by atoms with E-state index in [9.17, 15) is 0 Å². The molecule has 1 aliphatic heterocycles. The van der Waals surface area contributed by atoms with E-state index >= 15 is 0 Å². The number of rotatable bonds is 2. The first-order valence-electron chi connectivity index (χ1n) is 4.98. The maximum atomic E-state index is 4.69. The molecule has 1 aromatic heterocycles. The highest BCUT2D eigenvalue weighted by Gasteiger charge is 2.20. The minimum atomic E-state index is 0.684. The van der Waals surface area contributed by atoms with Crippen molar-refractivity contribution in [1.29, 1.82) is 0 Å². The number of hydrogen-bond donors (Lipinski definition) is 1. The molecule has 0 aliphatic carbocycles. The van der Waals surface area contributed by atoms with E-state index in [1.807, 2.05) is 11.3 Å². The monoisotopic (exact) mass is 196 g/mol. The van der Waals surface area contributed by atoms with Gasteiger partial charge in [-0.25, -0.2) is 4.98 Å². The molecule has 0 saturated carbocycles. The zero-order valence-electron chi connectivity index (χ0n) is 8.26. The van der Waals surface area contributed by atoms with Gasteiger partial charge in [-0.05, 0) is 26.3 Å². The van der Waals surface area contributed by atoms with E-state index in [0.717, 1.165) is 19.5 Å². The number of aryl methyl sites for hydroxylation is 2. The molecule has 1 aromatic rings. The van der Waals surface area contributed by atoms with E-state index in [0.29, 0.717) is 5.92 Å². The first-order valence-corrected chi connectivity index (χ1v) is 5.79. The Morgan fingerprint density at radius 1 is 1.62 bits per heavy atom. The van der Waals surface area contributed by atoms with Crippen molar-refractivity contribution in [3.8, 4) is 0 Å². The summed E-state index contributed by atoms with van der Waals surface area (Å²) in [5.41, 5.74) is 1.30. The normalized spacial score (nSPS) is 22.5. The van der Waals surface area contributed by atoms with Gasteiger partial charge in [0.05, 0.1) is 10.7 Å². The number of nitrogens with one attached hydrogen (secondary N) is 1. The Balaban J connectivity index is 2.20. The molecular formula is C10H16N2S. The van der Waals surface area contributed by atoms with Gasteiger partial charge in [-0.2, -0.15) is 0 Å². The van der Waals surface area contributed by atoms with Gasteiger partial charge in [0.2, 0.25) is 0 Å². The van der Waals surface area contributed by atoms with E-state index in [1.54, 1.807) is 0 Å². The summed E-state index contributed by atoms with van der Waals surface area (Å²) < 4.78 is 0. The molecule has 1 unspecified atom stereocenters. The van der Waals surface area contributed by atoms with Crippen LogP contribution in [0, 0.1) is 6.92 Å². The van der Waals surface area contributed by atoms with Gasteiger partial charge in [0.25, 0.3) is 0 Å². The number of hydrogen-bond acceptors (Lipinski definition) is 3. The average Bonchev–Trinajstić information content (AvgIpc) is 2.71. The highest BCUT2D eigenvalue weighted by molar-refractivity contribution is 7.11. The summed E-state index contributed by atoms with van der Waals surface area (Å²) in [5.74, 6) is 0.684. The topological polar surface area (TPSA) is 24.9 Å². The molecule has 0 radical (unpaired) electrons. The minimum Gasteiger partial charge on any atom is -0.316 e. The molecule has 1 atom stereocenters. The summed E-state index contributed by atoms with van der Waals surface area (Å²) in [6, 6.07) is 0. The molecule has 0 aromatic carbocycles. The van der Waals surface area contributed by atoms with Gasteiger partial charge in [-0.3, -0.25) is 0 Å².